The molecule has 174 valence electrons. The van der Waals surface area contributed by atoms with Crippen LogP contribution in [0.4, 0.5) is 5.82 Å². The van der Waals surface area contributed by atoms with E-state index in [1.165, 1.54) is 6.42 Å². The normalized spacial score (nSPS) is 18.3. The topological polar surface area (TPSA) is 55.1 Å². The Morgan fingerprint density at radius 3 is 2.58 bits per heavy atom. The highest BCUT2D eigenvalue weighted by molar-refractivity contribution is 8.00. The predicted octanol–water partition coefficient (Wildman–Crippen LogP) is 6.93. The third kappa shape index (κ3) is 6.14. The fourth-order valence-corrected chi connectivity index (χ4v) is 5.18. The third-order valence-corrected chi connectivity index (χ3v) is 6.89. The van der Waals surface area contributed by atoms with Crippen LogP contribution in [0.15, 0.2) is 59.9 Å². The summed E-state index contributed by atoms with van der Waals surface area (Å²) in [4.78, 5) is 9.31. The lowest BCUT2D eigenvalue weighted by Crippen LogP contribution is -2.14. The van der Waals surface area contributed by atoms with Crippen molar-refractivity contribution in [1.82, 2.24) is 14.8 Å². The van der Waals surface area contributed by atoms with Gasteiger partial charge in [-0.15, -0.1) is 11.8 Å². The number of rotatable bonds is 6. The Morgan fingerprint density at radius 2 is 1.94 bits per heavy atom. The van der Waals surface area contributed by atoms with Crippen molar-refractivity contribution in [3.05, 3.63) is 60.4 Å². The van der Waals surface area contributed by atoms with Crippen molar-refractivity contribution in [2.45, 2.75) is 51.2 Å². The molecule has 5 nitrogen and oxygen atoms in total. The molecule has 0 bridgehead atoms. The van der Waals surface area contributed by atoms with Crippen molar-refractivity contribution in [3.8, 4) is 22.4 Å². The predicted molar refractivity (Wildman–Crippen MR) is 145 cm³/mol. The molecule has 4 rings (SSSR count). The zero-order valence-corrected chi connectivity index (χ0v) is 21.4. The molecule has 6 heteroatoms. The third-order valence-electron chi connectivity index (χ3n) is 5.51. The number of nitrogens with one attached hydrogen (secondary N) is 1. The number of aromatic nitrogens is 3. The van der Waals surface area contributed by atoms with E-state index in [1.54, 1.807) is 7.05 Å². The standard InChI is InChI=1S/C25H29N5S.C2H6/c1-5-18(14-26-3)22-10-11-23(28-25(22)29-24-12-9-17(2)31-24)20-8-6-7-19(13-20)21-15-27-30(4)16-21;1-2/h5-8,10-11,13-17,24H,9,12H2,1-4H3,(H,28,29);1-2H3/b18-5+,26-14?;. The highest BCUT2D eigenvalue weighted by atomic mass is 32.2. The number of hydrogen-bond acceptors (Lipinski definition) is 5. The molecule has 3 heterocycles. The number of nitrogens with zero attached hydrogens (tertiary/aromatic N) is 4. The Hall–Kier alpha value is -2.86. The fourth-order valence-electron chi connectivity index (χ4n) is 3.89. The van der Waals surface area contributed by atoms with E-state index in [-0.39, 0.29) is 0 Å². The van der Waals surface area contributed by atoms with Crippen LogP contribution in [0.25, 0.3) is 28.0 Å². The van der Waals surface area contributed by atoms with Gasteiger partial charge in [0.1, 0.15) is 5.82 Å². The quantitative estimate of drug-likeness (QED) is 0.404. The van der Waals surface area contributed by atoms with Crippen LogP contribution in [0.5, 0.6) is 0 Å². The lowest BCUT2D eigenvalue weighted by molar-refractivity contribution is 0.768. The average molecular weight is 462 g/mol. The van der Waals surface area contributed by atoms with Crippen molar-refractivity contribution >= 4 is 29.4 Å². The summed E-state index contributed by atoms with van der Waals surface area (Å²) in [5.74, 6) is 0.920. The van der Waals surface area contributed by atoms with Crippen LogP contribution in [0.3, 0.4) is 0 Å². The SMILES string of the molecule is C/C=C(\C=NC)c1ccc(-c2cccc(-c3cnn(C)c3)c2)nc1NC1CCC(C)S1.CC. The zero-order chi connectivity index (χ0) is 23.8. The molecule has 2 unspecified atom stereocenters. The molecule has 1 fully saturated rings. The van der Waals surface area contributed by atoms with E-state index in [0.717, 1.165) is 45.8 Å². The summed E-state index contributed by atoms with van der Waals surface area (Å²) < 4.78 is 1.82. The number of allylic oxidation sites excluding steroid dienone is 2. The average Bonchev–Trinajstić information content (AvgIpc) is 3.47. The second-order valence-electron chi connectivity index (χ2n) is 7.86. The van der Waals surface area contributed by atoms with Gasteiger partial charge in [0, 0.05) is 48.4 Å². The van der Waals surface area contributed by atoms with Gasteiger partial charge in [0.05, 0.1) is 17.3 Å². The van der Waals surface area contributed by atoms with E-state index in [0.29, 0.717) is 10.6 Å². The second kappa shape index (κ2) is 11.8. The van der Waals surface area contributed by atoms with E-state index >= 15 is 0 Å². The van der Waals surface area contributed by atoms with Crippen LogP contribution in [0.1, 0.15) is 46.1 Å². The van der Waals surface area contributed by atoms with Crippen LogP contribution >= 0.6 is 11.8 Å². The van der Waals surface area contributed by atoms with Gasteiger partial charge in [-0.3, -0.25) is 9.67 Å². The molecule has 0 aliphatic carbocycles. The van der Waals surface area contributed by atoms with Gasteiger partial charge in [-0.05, 0) is 49.1 Å². The molecule has 1 saturated heterocycles. The van der Waals surface area contributed by atoms with E-state index in [9.17, 15) is 0 Å². The zero-order valence-electron chi connectivity index (χ0n) is 20.5. The number of aliphatic imine (C=N–C) groups is 1. The summed E-state index contributed by atoms with van der Waals surface area (Å²) in [5.41, 5.74) is 6.44. The number of thioether (sulfide) groups is 1. The lowest BCUT2D eigenvalue weighted by Gasteiger charge is -2.18. The molecule has 2 atom stereocenters. The van der Waals surface area contributed by atoms with Gasteiger partial charge in [0.2, 0.25) is 0 Å². The van der Waals surface area contributed by atoms with Gasteiger partial charge in [-0.1, -0.05) is 45.0 Å². The second-order valence-corrected chi connectivity index (χ2v) is 9.51. The first-order valence-electron chi connectivity index (χ1n) is 11.7. The Balaban J connectivity index is 0.00000149. The van der Waals surface area contributed by atoms with Gasteiger partial charge >= 0.3 is 0 Å². The van der Waals surface area contributed by atoms with Gasteiger partial charge in [0.15, 0.2) is 0 Å². The summed E-state index contributed by atoms with van der Waals surface area (Å²) in [7, 11) is 3.74. The Bertz CT molecular complexity index is 1120. The smallest absolute Gasteiger partial charge is 0.135 e. The molecule has 2 aromatic heterocycles. The summed E-state index contributed by atoms with van der Waals surface area (Å²) in [6.45, 7) is 8.33. The minimum Gasteiger partial charge on any atom is -0.358 e. The minimum absolute atomic E-state index is 0.384. The molecule has 0 saturated carbocycles. The number of pyridine rings is 1. The maximum atomic E-state index is 5.07. The molecule has 0 amide bonds. The molecule has 1 aliphatic rings. The molecule has 1 aromatic carbocycles. The first kappa shape index (κ1) is 24.8. The monoisotopic (exact) mass is 461 g/mol. The maximum absolute atomic E-state index is 5.07. The summed E-state index contributed by atoms with van der Waals surface area (Å²) in [5, 5.41) is 9.07. The number of anilines is 1. The van der Waals surface area contributed by atoms with Gasteiger partial charge in [-0.25, -0.2) is 4.98 Å². The Morgan fingerprint density at radius 1 is 1.15 bits per heavy atom. The van der Waals surface area contributed by atoms with Crippen molar-refractivity contribution < 1.29 is 0 Å². The van der Waals surface area contributed by atoms with Crippen LogP contribution in [0, 0.1) is 0 Å². The van der Waals surface area contributed by atoms with Gasteiger partial charge in [0.25, 0.3) is 0 Å². The highest BCUT2D eigenvalue weighted by Gasteiger charge is 2.23. The fraction of sp³-hybridized carbons (Fsp3) is 0.370. The summed E-state index contributed by atoms with van der Waals surface area (Å²) >= 11 is 1.99. The summed E-state index contributed by atoms with van der Waals surface area (Å²) in [6.07, 6.45) is 10.3. The Labute approximate surface area is 202 Å². The van der Waals surface area contributed by atoms with E-state index in [1.807, 2.05) is 62.9 Å². The molecule has 1 N–H and O–H groups in total. The molecular formula is C27H35N5S. The molecule has 1 aliphatic heterocycles. The van der Waals surface area contributed by atoms with Crippen molar-refractivity contribution in [1.29, 1.82) is 0 Å². The number of aryl methyl sites for hydroxylation is 1. The Kier molecular flexibility index (Phi) is 8.89. The maximum Gasteiger partial charge on any atom is 0.135 e. The van der Waals surface area contributed by atoms with E-state index in [2.05, 4.69) is 64.8 Å². The first-order chi connectivity index (χ1) is 16.1. The van der Waals surface area contributed by atoms with Crippen LogP contribution in [0.2, 0.25) is 0 Å². The van der Waals surface area contributed by atoms with Gasteiger partial charge < -0.3 is 5.32 Å². The van der Waals surface area contributed by atoms with Crippen molar-refractivity contribution in [2.75, 3.05) is 12.4 Å². The minimum atomic E-state index is 0.384. The van der Waals surface area contributed by atoms with Gasteiger partial charge in [-0.2, -0.15) is 5.10 Å². The lowest BCUT2D eigenvalue weighted by atomic mass is 10.0. The van der Waals surface area contributed by atoms with Crippen LogP contribution < -0.4 is 5.32 Å². The van der Waals surface area contributed by atoms with Crippen molar-refractivity contribution in [2.24, 2.45) is 12.0 Å². The van der Waals surface area contributed by atoms with Crippen molar-refractivity contribution in [3.63, 3.8) is 0 Å². The molecule has 0 radical (unpaired) electrons. The number of hydrogen-bond donors (Lipinski definition) is 1. The molecule has 33 heavy (non-hydrogen) atoms. The van der Waals surface area contributed by atoms with Crippen LogP contribution in [-0.4, -0.2) is 38.7 Å². The molecular weight excluding hydrogens is 426 g/mol. The largest absolute Gasteiger partial charge is 0.358 e. The highest BCUT2D eigenvalue weighted by Crippen LogP contribution is 2.36. The summed E-state index contributed by atoms with van der Waals surface area (Å²) in [6, 6.07) is 12.7. The molecule has 0 spiro atoms. The van der Waals surface area contributed by atoms with E-state index in [4.69, 9.17) is 4.98 Å². The first-order valence-corrected chi connectivity index (χ1v) is 12.6. The number of benzene rings is 1. The van der Waals surface area contributed by atoms with E-state index < -0.39 is 0 Å². The van der Waals surface area contributed by atoms with Crippen LogP contribution in [-0.2, 0) is 7.05 Å². The molecule has 3 aromatic rings.